The van der Waals surface area contributed by atoms with Crippen LogP contribution in [0, 0.1) is 0 Å². The van der Waals surface area contributed by atoms with Crippen molar-refractivity contribution >= 4 is 44.6 Å². The van der Waals surface area contributed by atoms with E-state index in [0.717, 1.165) is 0 Å². The smallest absolute Gasteiger partial charge is 0.307 e. The largest absolute Gasteiger partial charge is 0.494 e. The summed E-state index contributed by atoms with van der Waals surface area (Å²) in [6.07, 6.45) is -0.204. The van der Waals surface area contributed by atoms with Crippen LogP contribution in [0.5, 0.6) is 5.75 Å². The van der Waals surface area contributed by atoms with Crippen LogP contribution >= 0.6 is 23.2 Å². The van der Waals surface area contributed by atoms with Crippen LogP contribution in [-0.4, -0.2) is 27.8 Å². The normalized spacial score (nSPS) is 13.3. The van der Waals surface area contributed by atoms with E-state index in [4.69, 9.17) is 33.0 Å². The van der Waals surface area contributed by atoms with E-state index in [1.165, 1.54) is 6.07 Å². The third-order valence-corrected chi connectivity index (χ3v) is 6.01. The summed E-state index contributed by atoms with van der Waals surface area (Å²) < 4.78 is 18.7. The summed E-state index contributed by atoms with van der Waals surface area (Å²) in [6, 6.07) is 9.43. The molecule has 0 aliphatic carbocycles. The fraction of sp³-hybridized carbons (Fsp3) is 0.176. The third kappa shape index (κ3) is 4.23. The third-order valence-electron chi connectivity index (χ3n) is 3.26. The molecule has 0 heterocycles. The Morgan fingerprint density at radius 1 is 1.17 bits per heavy atom. The zero-order valence-corrected chi connectivity index (χ0v) is 15.2. The summed E-state index contributed by atoms with van der Waals surface area (Å²) in [5.74, 6) is 3.29. The van der Waals surface area contributed by atoms with Gasteiger partial charge in [-0.1, -0.05) is 23.2 Å². The summed E-state index contributed by atoms with van der Waals surface area (Å²) in [5, 5.41) is 9.63. The molecular weight excluding hydrogens is 371 g/mol. The first-order valence-corrected chi connectivity index (χ1v) is 9.53. The van der Waals surface area contributed by atoms with Crippen molar-refractivity contribution in [2.75, 3.05) is 6.61 Å². The van der Waals surface area contributed by atoms with E-state index >= 15 is 0 Å². The first-order valence-electron chi connectivity index (χ1n) is 7.05. The molecule has 0 aliphatic rings. The molecule has 0 saturated heterocycles. The minimum absolute atomic E-state index is 0.204. The number of carboxylic acids is 1. The topological polar surface area (TPSA) is 63.6 Å². The van der Waals surface area contributed by atoms with Crippen molar-refractivity contribution in [2.24, 2.45) is 0 Å². The van der Waals surface area contributed by atoms with Crippen LogP contribution in [0.15, 0.2) is 46.2 Å². The lowest BCUT2D eigenvalue weighted by Crippen LogP contribution is -2.06. The van der Waals surface area contributed by atoms with Crippen LogP contribution in [0.3, 0.4) is 0 Å². The Bertz CT molecular complexity index is 876. The second-order valence-corrected chi connectivity index (χ2v) is 8.18. The molecule has 2 rings (SSSR count). The van der Waals surface area contributed by atoms with E-state index < -0.39 is 15.5 Å². The van der Waals surface area contributed by atoms with Crippen LogP contribution < -0.4 is 4.74 Å². The first kappa shape index (κ1) is 18.6. The second kappa shape index (κ2) is 7.47. The maximum Gasteiger partial charge on any atom is 0.307 e. The Hall–Kier alpha value is -1.69. The molecule has 1 N–H and O–H groups in total. The number of carboxylic acid groups (broad SMARTS) is 1. The van der Waals surface area contributed by atoms with Gasteiger partial charge in [0.15, 0.2) is 0 Å². The zero-order chi connectivity index (χ0) is 17.9. The average molecular weight is 387 g/mol. The number of hydrogen-bond donors (Lipinski definition) is 1. The minimum atomic E-state index is -2.89. The monoisotopic (exact) mass is 386 g/mol. The molecule has 0 amide bonds. The van der Waals surface area contributed by atoms with Gasteiger partial charge in [0, 0.05) is 19.3 Å². The van der Waals surface area contributed by atoms with Crippen LogP contribution in [0.4, 0.5) is 0 Å². The molecule has 7 heteroatoms. The van der Waals surface area contributed by atoms with Gasteiger partial charge in [0.05, 0.1) is 23.1 Å². The van der Waals surface area contributed by atoms with Crippen molar-refractivity contribution in [3.8, 4) is 5.75 Å². The zero-order valence-electron chi connectivity index (χ0n) is 12.9. The highest BCUT2D eigenvalue weighted by Gasteiger charge is 2.16. The standard InChI is InChI=1S/C17H16Cl2O4S/c1-3-23-12-6-11(8-17(20)21)7-14(9-12)24(2,22)13-4-5-15(18)16(19)10-13/h4-7,9-10H,2-3,8H2,1H3,(H,20,21). The van der Waals surface area contributed by atoms with Gasteiger partial charge >= 0.3 is 5.97 Å². The maximum atomic E-state index is 13.2. The highest BCUT2D eigenvalue weighted by Crippen LogP contribution is 2.30. The van der Waals surface area contributed by atoms with Crippen LogP contribution in [0.25, 0.3) is 0 Å². The fourth-order valence-corrected chi connectivity index (χ4v) is 4.05. The number of hydrogen-bond acceptors (Lipinski definition) is 3. The van der Waals surface area contributed by atoms with Crippen molar-refractivity contribution in [1.82, 2.24) is 0 Å². The summed E-state index contributed by atoms with van der Waals surface area (Å²) in [4.78, 5) is 11.8. The number of carbonyl (C=O) groups is 1. The summed E-state index contributed by atoms with van der Waals surface area (Å²) in [6.45, 7) is 2.21. The lowest BCUT2D eigenvalue weighted by Gasteiger charge is -2.14. The van der Waals surface area contributed by atoms with Gasteiger partial charge in [-0.15, -0.1) is 0 Å². The summed E-state index contributed by atoms with van der Waals surface area (Å²) in [7, 11) is -2.89. The van der Waals surface area contributed by atoms with E-state index in [1.54, 1.807) is 30.3 Å². The highest BCUT2D eigenvalue weighted by molar-refractivity contribution is 8.00. The van der Waals surface area contributed by atoms with E-state index in [2.05, 4.69) is 5.87 Å². The van der Waals surface area contributed by atoms with Crippen molar-refractivity contribution in [1.29, 1.82) is 0 Å². The van der Waals surface area contributed by atoms with Crippen LogP contribution in [0.1, 0.15) is 12.5 Å². The van der Waals surface area contributed by atoms with Gasteiger partial charge in [-0.2, -0.15) is 0 Å². The van der Waals surface area contributed by atoms with Gasteiger partial charge < -0.3 is 9.84 Å². The van der Waals surface area contributed by atoms with Crippen LogP contribution in [-0.2, 0) is 20.7 Å². The van der Waals surface area contributed by atoms with Gasteiger partial charge in [-0.3, -0.25) is 9.00 Å². The Morgan fingerprint density at radius 2 is 1.88 bits per heavy atom. The van der Waals surface area contributed by atoms with Crippen LogP contribution in [0.2, 0.25) is 10.0 Å². The molecule has 128 valence electrons. The van der Waals surface area contributed by atoms with Gasteiger partial charge in [-0.25, -0.2) is 0 Å². The summed E-state index contributed by atoms with van der Waals surface area (Å²) in [5.41, 5.74) is 0.486. The van der Waals surface area contributed by atoms with E-state index in [-0.39, 0.29) is 11.4 Å². The SMILES string of the molecule is C=S(=O)(c1cc(CC(=O)O)cc(OCC)c1)c1ccc(Cl)c(Cl)c1. The lowest BCUT2D eigenvalue weighted by molar-refractivity contribution is -0.136. The molecule has 2 aromatic carbocycles. The molecule has 1 unspecified atom stereocenters. The molecule has 0 aromatic heterocycles. The van der Waals surface area contributed by atoms with Crippen molar-refractivity contribution in [3.63, 3.8) is 0 Å². The Labute approximate surface area is 151 Å². The Kier molecular flexibility index (Phi) is 5.80. The van der Waals surface area contributed by atoms with Gasteiger partial charge in [-0.05, 0) is 54.8 Å². The number of halogens is 2. The van der Waals surface area contributed by atoms with Gasteiger partial charge in [0.1, 0.15) is 5.75 Å². The molecule has 0 bridgehead atoms. The van der Waals surface area contributed by atoms with E-state index in [1.807, 2.05) is 6.92 Å². The molecule has 0 aliphatic heterocycles. The number of aliphatic carboxylic acids is 1. The molecular formula is C17H16Cl2O4S. The molecule has 1 atom stereocenters. The van der Waals surface area contributed by atoms with Crippen molar-refractivity contribution < 1.29 is 18.8 Å². The van der Waals surface area contributed by atoms with Crippen molar-refractivity contribution in [2.45, 2.75) is 23.1 Å². The molecule has 4 nitrogen and oxygen atoms in total. The molecule has 0 spiro atoms. The first-order chi connectivity index (χ1) is 11.2. The predicted octanol–water partition coefficient (Wildman–Crippen LogP) is 4.15. The van der Waals surface area contributed by atoms with Crippen molar-refractivity contribution in [3.05, 3.63) is 52.0 Å². The number of benzene rings is 2. The molecule has 24 heavy (non-hydrogen) atoms. The quantitative estimate of drug-likeness (QED) is 0.757. The van der Waals surface area contributed by atoms with E-state index in [9.17, 15) is 9.00 Å². The molecule has 0 saturated carbocycles. The fourth-order valence-electron chi connectivity index (χ4n) is 2.17. The lowest BCUT2D eigenvalue weighted by atomic mass is 10.1. The molecule has 0 radical (unpaired) electrons. The number of ether oxygens (including phenoxy) is 1. The molecule has 2 aromatic rings. The minimum Gasteiger partial charge on any atom is -0.494 e. The maximum absolute atomic E-state index is 13.2. The van der Waals surface area contributed by atoms with Gasteiger partial charge in [0.2, 0.25) is 0 Å². The average Bonchev–Trinajstić information content (AvgIpc) is 2.49. The Morgan fingerprint density at radius 3 is 2.46 bits per heavy atom. The van der Waals surface area contributed by atoms with E-state index in [0.29, 0.717) is 32.7 Å². The second-order valence-electron chi connectivity index (χ2n) is 5.07. The number of rotatable bonds is 6. The molecule has 0 fully saturated rings. The highest BCUT2D eigenvalue weighted by atomic mass is 35.5. The van der Waals surface area contributed by atoms with Gasteiger partial charge in [0.25, 0.3) is 0 Å². The Balaban J connectivity index is 2.57. The summed E-state index contributed by atoms with van der Waals surface area (Å²) >= 11 is 11.9. The predicted molar refractivity (Wildman–Crippen MR) is 97.2 cm³/mol.